The van der Waals surface area contributed by atoms with Crippen molar-refractivity contribution in [3.05, 3.63) is 0 Å². The molecule has 2 saturated carbocycles. The Labute approximate surface area is 126 Å². The van der Waals surface area contributed by atoms with Crippen LogP contribution in [0.15, 0.2) is 0 Å². The first-order chi connectivity index (χ1) is 10.2. The van der Waals surface area contributed by atoms with Gasteiger partial charge in [-0.2, -0.15) is 0 Å². The van der Waals surface area contributed by atoms with E-state index in [1.54, 1.807) is 0 Å². The quantitative estimate of drug-likeness (QED) is 0.808. The molecule has 118 valence electrons. The summed E-state index contributed by atoms with van der Waals surface area (Å²) in [6.07, 6.45) is 7.11. The van der Waals surface area contributed by atoms with Gasteiger partial charge in [0, 0.05) is 31.0 Å². The number of rotatable bonds is 4. The van der Waals surface area contributed by atoms with Crippen molar-refractivity contribution in [1.82, 2.24) is 10.2 Å². The van der Waals surface area contributed by atoms with Crippen LogP contribution in [-0.4, -0.2) is 42.4 Å². The van der Waals surface area contributed by atoms with Gasteiger partial charge in [-0.15, -0.1) is 0 Å². The van der Waals surface area contributed by atoms with E-state index < -0.39 is 0 Å². The van der Waals surface area contributed by atoms with Crippen molar-refractivity contribution in [2.45, 2.75) is 51.0 Å². The molecular formula is C16H27N3O2. The summed E-state index contributed by atoms with van der Waals surface area (Å²) in [5.74, 6) is 1.32. The Balaban J connectivity index is 1.46. The number of carbonyl (C=O) groups is 2. The van der Waals surface area contributed by atoms with Crippen molar-refractivity contribution in [1.29, 1.82) is 0 Å². The molecule has 1 aliphatic heterocycles. The highest BCUT2D eigenvalue weighted by molar-refractivity contribution is 5.81. The highest BCUT2D eigenvalue weighted by atomic mass is 16.2. The summed E-state index contributed by atoms with van der Waals surface area (Å²) in [5.41, 5.74) is 5.78. The highest BCUT2D eigenvalue weighted by Gasteiger charge is 2.36. The average Bonchev–Trinajstić information content (AvgIpc) is 3.25. The Morgan fingerprint density at radius 1 is 1.05 bits per heavy atom. The van der Waals surface area contributed by atoms with Gasteiger partial charge in [0.1, 0.15) is 0 Å². The molecule has 0 bridgehead atoms. The summed E-state index contributed by atoms with van der Waals surface area (Å²) in [4.78, 5) is 26.4. The molecule has 3 fully saturated rings. The van der Waals surface area contributed by atoms with Gasteiger partial charge in [0.25, 0.3) is 0 Å². The number of nitrogens with one attached hydrogen (secondary N) is 1. The zero-order valence-electron chi connectivity index (χ0n) is 12.7. The van der Waals surface area contributed by atoms with E-state index in [4.69, 9.17) is 5.73 Å². The lowest BCUT2D eigenvalue weighted by molar-refractivity contribution is -0.137. The number of likely N-dealkylation sites (tertiary alicyclic amines) is 1. The van der Waals surface area contributed by atoms with Crippen LogP contribution in [0.1, 0.15) is 44.9 Å². The molecule has 1 heterocycles. The second-order valence-corrected chi connectivity index (χ2v) is 6.92. The summed E-state index contributed by atoms with van der Waals surface area (Å²) < 4.78 is 0. The molecule has 5 nitrogen and oxygen atoms in total. The van der Waals surface area contributed by atoms with Crippen LogP contribution in [0.3, 0.4) is 0 Å². The van der Waals surface area contributed by atoms with E-state index in [-0.39, 0.29) is 23.8 Å². The Morgan fingerprint density at radius 3 is 2.38 bits per heavy atom. The van der Waals surface area contributed by atoms with Crippen LogP contribution in [0.5, 0.6) is 0 Å². The number of nitrogens with two attached hydrogens (primary N) is 1. The zero-order chi connectivity index (χ0) is 14.8. The first-order valence-corrected chi connectivity index (χ1v) is 8.48. The molecule has 3 rings (SSSR count). The molecule has 2 atom stereocenters. The first kappa shape index (κ1) is 14.8. The number of piperidine rings is 1. The van der Waals surface area contributed by atoms with Gasteiger partial charge in [-0.05, 0) is 51.0 Å². The fraction of sp³-hybridized carbons (Fsp3) is 0.875. The molecule has 0 spiro atoms. The summed E-state index contributed by atoms with van der Waals surface area (Å²) in [5, 5.41) is 3.13. The van der Waals surface area contributed by atoms with Crippen LogP contribution in [0.2, 0.25) is 0 Å². The molecule has 0 aromatic heterocycles. The Kier molecular flexibility index (Phi) is 4.48. The van der Waals surface area contributed by atoms with Crippen LogP contribution in [0.4, 0.5) is 0 Å². The van der Waals surface area contributed by atoms with Gasteiger partial charge in [-0.1, -0.05) is 6.42 Å². The van der Waals surface area contributed by atoms with E-state index in [9.17, 15) is 9.59 Å². The molecule has 1 saturated heterocycles. The van der Waals surface area contributed by atoms with E-state index in [2.05, 4.69) is 5.32 Å². The molecule has 0 aromatic rings. The van der Waals surface area contributed by atoms with Gasteiger partial charge in [0.2, 0.25) is 11.8 Å². The van der Waals surface area contributed by atoms with Crippen LogP contribution in [0, 0.1) is 17.8 Å². The minimum Gasteiger partial charge on any atom is -0.353 e. The highest BCUT2D eigenvalue weighted by Crippen LogP contribution is 2.33. The van der Waals surface area contributed by atoms with Crippen LogP contribution >= 0.6 is 0 Å². The van der Waals surface area contributed by atoms with Gasteiger partial charge >= 0.3 is 0 Å². The summed E-state index contributed by atoms with van der Waals surface area (Å²) in [6.45, 7) is 2.19. The Hall–Kier alpha value is -1.10. The van der Waals surface area contributed by atoms with Crippen LogP contribution in [0.25, 0.3) is 0 Å². The van der Waals surface area contributed by atoms with Crippen molar-refractivity contribution in [2.24, 2.45) is 23.5 Å². The smallest absolute Gasteiger partial charge is 0.226 e. The largest absolute Gasteiger partial charge is 0.353 e. The van der Waals surface area contributed by atoms with Gasteiger partial charge in [-0.25, -0.2) is 0 Å². The molecule has 2 aliphatic carbocycles. The predicted molar refractivity (Wildman–Crippen MR) is 80.4 cm³/mol. The third-order valence-corrected chi connectivity index (χ3v) is 5.38. The summed E-state index contributed by atoms with van der Waals surface area (Å²) in [6, 6.07) is 0.260. The van der Waals surface area contributed by atoms with E-state index in [1.807, 2.05) is 4.90 Å². The lowest BCUT2D eigenvalue weighted by atomic mass is 9.93. The monoisotopic (exact) mass is 293 g/mol. The molecular weight excluding hydrogens is 266 g/mol. The number of carbonyl (C=O) groups excluding carboxylic acids is 2. The Morgan fingerprint density at radius 2 is 1.76 bits per heavy atom. The van der Waals surface area contributed by atoms with Crippen molar-refractivity contribution >= 4 is 11.8 Å². The lowest BCUT2D eigenvalue weighted by Gasteiger charge is -2.35. The minimum atomic E-state index is 0.146. The SMILES string of the molecule is NC[C@H]1CCC[C@H]1C(=O)N1CCC(NC(=O)C2CC2)CC1. The van der Waals surface area contributed by atoms with Gasteiger partial charge < -0.3 is 16.0 Å². The number of hydrogen-bond acceptors (Lipinski definition) is 3. The van der Waals surface area contributed by atoms with Crippen molar-refractivity contribution in [2.75, 3.05) is 19.6 Å². The van der Waals surface area contributed by atoms with Gasteiger partial charge in [0.15, 0.2) is 0 Å². The van der Waals surface area contributed by atoms with Gasteiger partial charge in [0.05, 0.1) is 0 Å². The third kappa shape index (κ3) is 3.39. The molecule has 0 aromatic carbocycles. The Bertz CT molecular complexity index is 400. The molecule has 3 aliphatic rings. The zero-order valence-corrected chi connectivity index (χ0v) is 12.7. The van der Waals surface area contributed by atoms with Crippen molar-refractivity contribution in [3.63, 3.8) is 0 Å². The fourth-order valence-electron chi connectivity index (χ4n) is 3.79. The second kappa shape index (κ2) is 6.34. The maximum atomic E-state index is 12.6. The molecule has 5 heteroatoms. The predicted octanol–water partition coefficient (Wildman–Crippen LogP) is 0.879. The van der Waals surface area contributed by atoms with E-state index in [0.29, 0.717) is 18.4 Å². The molecule has 21 heavy (non-hydrogen) atoms. The summed E-state index contributed by atoms with van der Waals surface area (Å²) in [7, 11) is 0. The normalized spacial score (nSPS) is 30.4. The van der Waals surface area contributed by atoms with E-state index >= 15 is 0 Å². The fourth-order valence-corrected chi connectivity index (χ4v) is 3.79. The number of amides is 2. The number of nitrogens with zero attached hydrogens (tertiary/aromatic N) is 1. The molecule has 2 amide bonds. The van der Waals surface area contributed by atoms with E-state index in [0.717, 1.165) is 58.0 Å². The van der Waals surface area contributed by atoms with Crippen molar-refractivity contribution < 1.29 is 9.59 Å². The second-order valence-electron chi connectivity index (χ2n) is 6.92. The van der Waals surface area contributed by atoms with Crippen LogP contribution < -0.4 is 11.1 Å². The minimum absolute atomic E-state index is 0.146. The molecule has 0 radical (unpaired) electrons. The average molecular weight is 293 g/mol. The molecule has 3 N–H and O–H groups in total. The van der Waals surface area contributed by atoms with Crippen LogP contribution in [-0.2, 0) is 9.59 Å². The summed E-state index contributed by atoms with van der Waals surface area (Å²) >= 11 is 0. The topological polar surface area (TPSA) is 75.4 Å². The number of hydrogen-bond donors (Lipinski definition) is 2. The standard InChI is InChI=1S/C16H27N3O2/c17-10-12-2-1-3-14(12)16(21)19-8-6-13(7-9-19)18-15(20)11-4-5-11/h11-14H,1-10,17H2,(H,18,20)/t12-,14-/m1/s1. The molecule has 0 unspecified atom stereocenters. The first-order valence-electron chi connectivity index (χ1n) is 8.48. The van der Waals surface area contributed by atoms with Crippen molar-refractivity contribution in [3.8, 4) is 0 Å². The van der Waals surface area contributed by atoms with E-state index in [1.165, 1.54) is 0 Å². The van der Waals surface area contributed by atoms with Gasteiger partial charge in [-0.3, -0.25) is 9.59 Å². The maximum Gasteiger partial charge on any atom is 0.226 e. The maximum absolute atomic E-state index is 12.6. The lowest BCUT2D eigenvalue weighted by Crippen LogP contribution is -2.49. The third-order valence-electron chi connectivity index (χ3n) is 5.38.